The lowest BCUT2D eigenvalue weighted by Crippen LogP contribution is -2.42. The fourth-order valence-electron chi connectivity index (χ4n) is 2.67. The predicted molar refractivity (Wildman–Crippen MR) is 68.9 cm³/mol. The summed E-state index contributed by atoms with van der Waals surface area (Å²) < 4.78 is 5.11. The Labute approximate surface area is 101 Å². The molecule has 1 fully saturated rings. The number of rotatable bonds is 5. The van der Waals surface area contributed by atoms with Gasteiger partial charge in [-0.25, -0.2) is 0 Å². The Morgan fingerprint density at radius 3 is 2.69 bits per heavy atom. The summed E-state index contributed by atoms with van der Waals surface area (Å²) in [6.07, 6.45) is 2.46. The summed E-state index contributed by atoms with van der Waals surface area (Å²) in [5, 5.41) is 0. The first kappa shape index (κ1) is 13.9. The summed E-state index contributed by atoms with van der Waals surface area (Å²) in [5.74, 6) is 0. The second-order valence-electron chi connectivity index (χ2n) is 5.18. The zero-order valence-corrected chi connectivity index (χ0v) is 11.4. The van der Waals surface area contributed by atoms with Gasteiger partial charge in [-0.05, 0) is 46.7 Å². The molecule has 1 heterocycles. The summed E-state index contributed by atoms with van der Waals surface area (Å²) in [5.41, 5.74) is 0. The molecule has 0 aromatic carbocycles. The third kappa shape index (κ3) is 4.40. The van der Waals surface area contributed by atoms with E-state index in [1.54, 1.807) is 7.11 Å². The van der Waals surface area contributed by atoms with E-state index in [4.69, 9.17) is 4.74 Å². The van der Waals surface area contributed by atoms with Crippen molar-refractivity contribution in [3.05, 3.63) is 0 Å². The van der Waals surface area contributed by atoms with E-state index >= 15 is 0 Å². The van der Waals surface area contributed by atoms with Gasteiger partial charge in [0.05, 0.1) is 0 Å². The average molecular weight is 228 g/mol. The highest BCUT2D eigenvalue weighted by molar-refractivity contribution is 4.78. The highest BCUT2D eigenvalue weighted by Crippen LogP contribution is 2.13. The maximum Gasteiger partial charge on any atom is 0.0474 e. The molecule has 0 spiro atoms. The second kappa shape index (κ2) is 7.25. The molecule has 3 heteroatoms. The van der Waals surface area contributed by atoms with Crippen LogP contribution in [0.1, 0.15) is 33.6 Å². The number of nitrogens with zero attached hydrogens (tertiary/aromatic N) is 2. The molecule has 0 amide bonds. The van der Waals surface area contributed by atoms with Gasteiger partial charge in [-0.15, -0.1) is 0 Å². The first-order valence-electron chi connectivity index (χ1n) is 6.62. The van der Waals surface area contributed by atoms with Crippen molar-refractivity contribution >= 4 is 0 Å². The van der Waals surface area contributed by atoms with E-state index in [0.29, 0.717) is 12.1 Å². The molecule has 1 atom stereocenters. The van der Waals surface area contributed by atoms with Crippen molar-refractivity contribution in [2.75, 3.05) is 39.9 Å². The fraction of sp³-hybridized carbons (Fsp3) is 1.00. The minimum Gasteiger partial charge on any atom is -0.385 e. The summed E-state index contributed by atoms with van der Waals surface area (Å²) in [4.78, 5) is 5.21. The lowest BCUT2D eigenvalue weighted by atomic mass is 10.2. The molecule has 0 bridgehead atoms. The highest BCUT2D eigenvalue weighted by Gasteiger charge is 2.22. The van der Waals surface area contributed by atoms with Crippen molar-refractivity contribution in [1.82, 2.24) is 9.80 Å². The molecule has 1 aliphatic heterocycles. The Morgan fingerprint density at radius 2 is 2.06 bits per heavy atom. The minimum atomic E-state index is 0.675. The number of methoxy groups -OCH3 is 1. The van der Waals surface area contributed by atoms with Crippen LogP contribution in [0.3, 0.4) is 0 Å². The van der Waals surface area contributed by atoms with Gasteiger partial charge >= 0.3 is 0 Å². The summed E-state index contributed by atoms with van der Waals surface area (Å²) >= 11 is 0. The Bertz CT molecular complexity index is 185. The lowest BCUT2D eigenvalue weighted by molar-refractivity contribution is 0.144. The smallest absolute Gasteiger partial charge is 0.0474 e. The van der Waals surface area contributed by atoms with Crippen LogP contribution < -0.4 is 0 Å². The molecule has 0 aliphatic carbocycles. The molecule has 1 aliphatic rings. The highest BCUT2D eigenvalue weighted by atomic mass is 16.5. The van der Waals surface area contributed by atoms with E-state index in [1.807, 2.05) is 0 Å². The van der Waals surface area contributed by atoms with Crippen molar-refractivity contribution in [2.24, 2.45) is 0 Å². The van der Waals surface area contributed by atoms with Gasteiger partial charge in [0.1, 0.15) is 0 Å². The number of ether oxygens (including phenoxy) is 1. The molecular formula is C13H28N2O. The Kier molecular flexibility index (Phi) is 6.32. The van der Waals surface area contributed by atoms with E-state index in [1.165, 1.54) is 32.6 Å². The van der Waals surface area contributed by atoms with Crippen LogP contribution in [-0.4, -0.2) is 61.8 Å². The summed E-state index contributed by atoms with van der Waals surface area (Å²) in [6.45, 7) is 12.7. The molecular weight excluding hydrogens is 200 g/mol. The standard InChI is InChI=1S/C13H28N2O/c1-12(2)15-9-5-7-14(11-13(15)3)8-6-10-16-4/h12-13H,5-11H2,1-4H3/t13-/m0/s1. The predicted octanol–water partition coefficient (Wildman–Crippen LogP) is 1.83. The van der Waals surface area contributed by atoms with Crippen molar-refractivity contribution in [3.63, 3.8) is 0 Å². The molecule has 3 nitrogen and oxygen atoms in total. The molecule has 0 saturated carbocycles. The Morgan fingerprint density at radius 1 is 1.31 bits per heavy atom. The number of hydrogen-bond donors (Lipinski definition) is 0. The van der Waals surface area contributed by atoms with Gasteiger partial charge in [0.25, 0.3) is 0 Å². The molecule has 0 aromatic rings. The van der Waals surface area contributed by atoms with E-state index in [9.17, 15) is 0 Å². The van der Waals surface area contributed by atoms with Gasteiger partial charge in [0, 0.05) is 38.9 Å². The topological polar surface area (TPSA) is 15.7 Å². The van der Waals surface area contributed by atoms with Gasteiger partial charge in [0.2, 0.25) is 0 Å². The van der Waals surface area contributed by atoms with E-state index in [2.05, 4.69) is 30.6 Å². The third-order valence-electron chi connectivity index (χ3n) is 3.47. The molecule has 0 unspecified atom stereocenters. The van der Waals surface area contributed by atoms with Crippen molar-refractivity contribution < 1.29 is 4.74 Å². The normalized spacial score (nSPS) is 24.9. The third-order valence-corrected chi connectivity index (χ3v) is 3.47. The van der Waals surface area contributed by atoms with Crippen LogP contribution in [0, 0.1) is 0 Å². The molecule has 0 aromatic heterocycles. The van der Waals surface area contributed by atoms with Gasteiger partial charge in [0.15, 0.2) is 0 Å². The maximum atomic E-state index is 5.11. The summed E-state index contributed by atoms with van der Waals surface area (Å²) in [6, 6.07) is 1.36. The first-order valence-corrected chi connectivity index (χ1v) is 6.62. The quantitative estimate of drug-likeness (QED) is 0.668. The zero-order chi connectivity index (χ0) is 12.0. The lowest BCUT2D eigenvalue weighted by Gasteiger charge is -2.32. The Balaban J connectivity index is 2.35. The molecule has 96 valence electrons. The first-order chi connectivity index (χ1) is 7.65. The largest absolute Gasteiger partial charge is 0.385 e. The SMILES string of the molecule is COCCCN1CCCN(C(C)C)[C@@H](C)C1. The van der Waals surface area contributed by atoms with E-state index < -0.39 is 0 Å². The fourth-order valence-corrected chi connectivity index (χ4v) is 2.67. The van der Waals surface area contributed by atoms with Gasteiger partial charge < -0.3 is 9.64 Å². The van der Waals surface area contributed by atoms with Crippen LogP contribution in [0.5, 0.6) is 0 Å². The van der Waals surface area contributed by atoms with E-state index in [-0.39, 0.29) is 0 Å². The molecule has 0 radical (unpaired) electrons. The van der Waals surface area contributed by atoms with Crippen LogP contribution in [0.2, 0.25) is 0 Å². The molecule has 16 heavy (non-hydrogen) atoms. The zero-order valence-electron chi connectivity index (χ0n) is 11.4. The second-order valence-corrected chi connectivity index (χ2v) is 5.18. The average Bonchev–Trinajstić information content (AvgIpc) is 2.40. The van der Waals surface area contributed by atoms with Crippen LogP contribution in [0.4, 0.5) is 0 Å². The van der Waals surface area contributed by atoms with Crippen LogP contribution in [0.15, 0.2) is 0 Å². The van der Waals surface area contributed by atoms with Crippen molar-refractivity contribution in [2.45, 2.75) is 45.7 Å². The number of hydrogen-bond acceptors (Lipinski definition) is 3. The Hall–Kier alpha value is -0.120. The molecule has 1 rings (SSSR count). The molecule has 0 N–H and O–H groups in total. The maximum absolute atomic E-state index is 5.11. The monoisotopic (exact) mass is 228 g/mol. The van der Waals surface area contributed by atoms with Crippen LogP contribution in [0.25, 0.3) is 0 Å². The van der Waals surface area contributed by atoms with Crippen molar-refractivity contribution in [1.29, 1.82) is 0 Å². The van der Waals surface area contributed by atoms with Gasteiger partial charge in [-0.2, -0.15) is 0 Å². The van der Waals surface area contributed by atoms with Crippen LogP contribution in [-0.2, 0) is 4.74 Å². The molecule has 1 saturated heterocycles. The van der Waals surface area contributed by atoms with Gasteiger partial charge in [-0.3, -0.25) is 4.90 Å². The van der Waals surface area contributed by atoms with Crippen LogP contribution >= 0.6 is 0 Å². The van der Waals surface area contributed by atoms with Gasteiger partial charge in [-0.1, -0.05) is 0 Å². The van der Waals surface area contributed by atoms with E-state index in [0.717, 1.165) is 13.0 Å². The summed E-state index contributed by atoms with van der Waals surface area (Å²) in [7, 11) is 1.78. The van der Waals surface area contributed by atoms with Crippen molar-refractivity contribution in [3.8, 4) is 0 Å². The minimum absolute atomic E-state index is 0.675.